The quantitative estimate of drug-likeness (QED) is 0.817. The number of hydrogen-bond donors (Lipinski definition) is 2. The summed E-state index contributed by atoms with van der Waals surface area (Å²) in [6.45, 7) is 3.59. The van der Waals surface area contributed by atoms with Gasteiger partial charge in [-0.3, -0.25) is 14.3 Å². The minimum absolute atomic E-state index is 0.0450. The molecule has 1 amide bonds. The number of nitrogens with one attached hydrogen (secondary N) is 1. The Kier molecular flexibility index (Phi) is 3.78. The van der Waals surface area contributed by atoms with Crippen molar-refractivity contribution in [1.29, 1.82) is 0 Å². The first-order chi connectivity index (χ1) is 9.45. The number of anilines is 1. The molecule has 0 saturated carbocycles. The van der Waals surface area contributed by atoms with Gasteiger partial charge in [0.05, 0.1) is 18.1 Å². The number of rotatable bonds is 5. The first-order valence-corrected chi connectivity index (χ1v) is 5.93. The lowest BCUT2D eigenvalue weighted by molar-refractivity contribution is -0.137. The maximum atomic E-state index is 11.9. The summed E-state index contributed by atoms with van der Waals surface area (Å²) in [4.78, 5) is 22.4. The van der Waals surface area contributed by atoms with Gasteiger partial charge in [0.1, 0.15) is 6.54 Å². The van der Waals surface area contributed by atoms with Crippen LogP contribution >= 0.6 is 0 Å². The van der Waals surface area contributed by atoms with Crippen molar-refractivity contribution in [2.45, 2.75) is 26.4 Å². The molecule has 0 atom stereocenters. The fourth-order valence-electron chi connectivity index (χ4n) is 1.50. The molecule has 2 heterocycles. The van der Waals surface area contributed by atoms with E-state index in [-0.39, 0.29) is 18.3 Å². The van der Waals surface area contributed by atoms with Crippen LogP contribution in [0.15, 0.2) is 18.6 Å². The molecule has 0 spiro atoms. The summed E-state index contributed by atoms with van der Waals surface area (Å²) in [5, 5.41) is 22.5. The van der Waals surface area contributed by atoms with Crippen LogP contribution in [0.1, 0.15) is 30.4 Å². The highest BCUT2D eigenvalue weighted by atomic mass is 16.4. The molecule has 2 N–H and O–H groups in total. The lowest BCUT2D eigenvalue weighted by atomic mass is 10.4. The van der Waals surface area contributed by atoms with Crippen molar-refractivity contribution in [2.24, 2.45) is 0 Å². The molecule has 2 aromatic rings. The van der Waals surface area contributed by atoms with Crippen molar-refractivity contribution in [2.75, 3.05) is 5.32 Å². The molecule has 0 bridgehead atoms. The molecule has 0 saturated heterocycles. The summed E-state index contributed by atoms with van der Waals surface area (Å²) in [7, 11) is 0. The highest BCUT2D eigenvalue weighted by Crippen LogP contribution is 2.10. The van der Waals surface area contributed by atoms with Crippen LogP contribution in [0.5, 0.6) is 0 Å². The van der Waals surface area contributed by atoms with E-state index in [1.54, 1.807) is 10.9 Å². The third kappa shape index (κ3) is 3.19. The molecule has 9 heteroatoms. The van der Waals surface area contributed by atoms with Crippen LogP contribution in [0, 0.1) is 0 Å². The largest absolute Gasteiger partial charge is 0.480 e. The van der Waals surface area contributed by atoms with Gasteiger partial charge in [-0.2, -0.15) is 5.10 Å². The molecule has 2 rings (SSSR count). The van der Waals surface area contributed by atoms with E-state index in [1.165, 1.54) is 12.4 Å². The number of hydrogen-bond acceptors (Lipinski definition) is 5. The van der Waals surface area contributed by atoms with E-state index >= 15 is 0 Å². The molecule has 0 aliphatic heterocycles. The third-order valence-corrected chi connectivity index (χ3v) is 2.46. The van der Waals surface area contributed by atoms with Gasteiger partial charge >= 0.3 is 5.97 Å². The van der Waals surface area contributed by atoms with Gasteiger partial charge in [-0.15, -0.1) is 5.10 Å². The van der Waals surface area contributed by atoms with Crippen LogP contribution in [0.3, 0.4) is 0 Å². The zero-order valence-electron chi connectivity index (χ0n) is 11.0. The highest BCUT2D eigenvalue weighted by molar-refractivity contribution is 6.02. The first kappa shape index (κ1) is 13.7. The average Bonchev–Trinajstić information content (AvgIpc) is 2.97. The van der Waals surface area contributed by atoms with Crippen molar-refractivity contribution in [1.82, 2.24) is 24.8 Å². The zero-order chi connectivity index (χ0) is 14.7. The summed E-state index contributed by atoms with van der Waals surface area (Å²) in [5.74, 6) is -1.52. The van der Waals surface area contributed by atoms with E-state index in [4.69, 9.17) is 5.11 Å². The number of carboxylic acids is 1. The normalized spacial score (nSPS) is 10.8. The zero-order valence-corrected chi connectivity index (χ0v) is 11.0. The number of carbonyl (C=O) groups is 2. The van der Waals surface area contributed by atoms with Crippen LogP contribution in [0.4, 0.5) is 5.69 Å². The van der Waals surface area contributed by atoms with Gasteiger partial charge in [-0.25, -0.2) is 4.68 Å². The van der Waals surface area contributed by atoms with E-state index in [0.29, 0.717) is 5.69 Å². The Morgan fingerprint density at radius 3 is 2.75 bits per heavy atom. The molecular formula is C11H14N6O3. The van der Waals surface area contributed by atoms with Crippen LogP contribution in [0.25, 0.3) is 0 Å². The monoisotopic (exact) mass is 278 g/mol. The number of nitrogens with zero attached hydrogens (tertiary/aromatic N) is 5. The lowest BCUT2D eigenvalue weighted by Gasteiger charge is -2.03. The third-order valence-electron chi connectivity index (χ3n) is 2.46. The molecule has 0 aromatic carbocycles. The summed E-state index contributed by atoms with van der Waals surface area (Å²) < 4.78 is 2.78. The summed E-state index contributed by atoms with van der Waals surface area (Å²) in [6, 6.07) is 0.192. The minimum Gasteiger partial charge on any atom is -0.480 e. The SMILES string of the molecule is CC(C)n1cc(NC(=O)c2cn(CC(=O)O)nn2)cn1. The Bertz CT molecular complexity index is 630. The molecule has 9 nitrogen and oxygen atoms in total. The fraction of sp³-hybridized carbons (Fsp3) is 0.364. The van der Waals surface area contributed by atoms with Gasteiger partial charge in [0, 0.05) is 12.2 Å². The molecule has 0 fully saturated rings. The summed E-state index contributed by atoms with van der Waals surface area (Å²) >= 11 is 0. The number of amides is 1. The van der Waals surface area contributed by atoms with E-state index in [0.717, 1.165) is 4.68 Å². The van der Waals surface area contributed by atoms with Crippen LogP contribution in [0.2, 0.25) is 0 Å². The maximum Gasteiger partial charge on any atom is 0.325 e. The Hall–Kier alpha value is -2.71. The molecule has 20 heavy (non-hydrogen) atoms. The smallest absolute Gasteiger partial charge is 0.325 e. The van der Waals surface area contributed by atoms with Crippen molar-refractivity contribution >= 4 is 17.6 Å². The van der Waals surface area contributed by atoms with E-state index in [1.807, 2.05) is 13.8 Å². The van der Waals surface area contributed by atoms with Crippen molar-refractivity contribution in [3.05, 3.63) is 24.3 Å². The van der Waals surface area contributed by atoms with E-state index in [2.05, 4.69) is 20.7 Å². The standard InChI is InChI=1S/C11H14N6O3/c1-7(2)17-4-8(3-12-17)13-11(20)9-5-16(15-14-9)6-10(18)19/h3-5,7H,6H2,1-2H3,(H,13,20)(H,18,19). The van der Waals surface area contributed by atoms with Crippen LogP contribution < -0.4 is 5.32 Å². The van der Waals surface area contributed by atoms with Crippen LogP contribution in [-0.2, 0) is 11.3 Å². The predicted octanol–water partition coefficient (Wildman–Crippen LogP) is 0.392. The number of aliphatic carboxylic acids is 1. The minimum atomic E-state index is -1.06. The first-order valence-electron chi connectivity index (χ1n) is 5.93. The van der Waals surface area contributed by atoms with Gasteiger partial charge in [-0.05, 0) is 13.8 Å². The second-order valence-corrected chi connectivity index (χ2v) is 4.45. The molecule has 0 aliphatic carbocycles. The van der Waals surface area contributed by atoms with Crippen molar-refractivity contribution in [3.63, 3.8) is 0 Å². The number of aromatic nitrogens is 5. The molecule has 0 unspecified atom stereocenters. The summed E-state index contributed by atoms with van der Waals surface area (Å²) in [6.07, 6.45) is 4.50. The van der Waals surface area contributed by atoms with E-state index in [9.17, 15) is 9.59 Å². The second-order valence-electron chi connectivity index (χ2n) is 4.45. The van der Waals surface area contributed by atoms with Gasteiger partial charge in [0.25, 0.3) is 5.91 Å². The van der Waals surface area contributed by atoms with Crippen molar-refractivity contribution < 1.29 is 14.7 Å². The van der Waals surface area contributed by atoms with Gasteiger partial charge in [0.2, 0.25) is 0 Å². The van der Waals surface area contributed by atoms with Gasteiger partial charge < -0.3 is 10.4 Å². The Labute approximate surface area is 114 Å². The Morgan fingerprint density at radius 1 is 1.40 bits per heavy atom. The molecule has 2 aromatic heterocycles. The predicted molar refractivity (Wildman–Crippen MR) is 68.2 cm³/mol. The Morgan fingerprint density at radius 2 is 2.15 bits per heavy atom. The van der Waals surface area contributed by atoms with Crippen molar-refractivity contribution in [3.8, 4) is 0 Å². The molecule has 0 radical (unpaired) electrons. The van der Waals surface area contributed by atoms with Gasteiger partial charge in [-0.1, -0.05) is 5.21 Å². The summed E-state index contributed by atoms with van der Waals surface area (Å²) in [5.41, 5.74) is 0.583. The molecular weight excluding hydrogens is 264 g/mol. The number of carboxylic acid groups (broad SMARTS) is 1. The fourth-order valence-corrected chi connectivity index (χ4v) is 1.50. The second kappa shape index (κ2) is 5.51. The van der Waals surface area contributed by atoms with Crippen LogP contribution in [-0.4, -0.2) is 41.8 Å². The van der Waals surface area contributed by atoms with E-state index < -0.39 is 11.9 Å². The number of carbonyl (C=O) groups excluding carboxylic acids is 1. The lowest BCUT2D eigenvalue weighted by Crippen LogP contribution is -2.12. The highest BCUT2D eigenvalue weighted by Gasteiger charge is 2.13. The topological polar surface area (TPSA) is 115 Å². The maximum absolute atomic E-state index is 11.9. The van der Waals surface area contributed by atoms with Gasteiger partial charge in [0.15, 0.2) is 5.69 Å². The Balaban J connectivity index is 2.03. The average molecular weight is 278 g/mol. The molecule has 0 aliphatic rings. The molecule has 106 valence electrons.